The first-order valence-corrected chi connectivity index (χ1v) is 6.70. The predicted molar refractivity (Wildman–Crippen MR) is 78.1 cm³/mol. The molecule has 0 heterocycles. The Balaban J connectivity index is 2.26. The summed E-state index contributed by atoms with van der Waals surface area (Å²) in [5, 5.41) is 10.3. The molecular weight excluding hydrogens is 252 g/mol. The second-order valence-corrected chi connectivity index (χ2v) is 4.48. The lowest BCUT2D eigenvalue weighted by Gasteiger charge is -2.15. The number of hydrogen-bond donors (Lipinski definition) is 1. The molecule has 0 amide bonds. The summed E-state index contributed by atoms with van der Waals surface area (Å²) in [6, 6.07) is 17.4. The average molecular weight is 270 g/mol. The number of carbonyl (C=O) groups excluding carboxylic acids is 1. The number of aliphatic hydroxyl groups excluding tert-OH is 1. The quantitative estimate of drug-likeness (QED) is 0.848. The van der Waals surface area contributed by atoms with Crippen LogP contribution in [0.2, 0.25) is 0 Å². The van der Waals surface area contributed by atoms with E-state index < -0.39 is 6.10 Å². The van der Waals surface area contributed by atoms with E-state index in [9.17, 15) is 9.90 Å². The van der Waals surface area contributed by atoms with Gasteiger partial charge in [0, 0.05) is 0 Å². The number of carbonyl (C=O) groups is 1. The van der Waals surface area contributed by atoms with Gasteiger partial charge in [-0.3, -0.25) is 4.79 Å². The molecule has 1 N–H and O–H groups in total. The third-order valence-electron chi connectivity index (χ3n) is 3.07. The molecule has 0 radical (unpaired) electrons. The van der Waals surface area contributed by atoms with E-state index in [1.165, 1.54) is 0 Å². The molecule has 0 saturated carbocycles. The van der Waals surface area contributed by atoms with Gasteiger partial charge in [0.1, 0.15) is 0 Å². The lowest BCUT2D eigenvalue weighted by atomic mass is 9.95. The van der Waals surface area contributed by atoms with E-state index in [2.05, 4.69) is 0 Å². The Morgan fingerprint density at radius 2 is 1.75 bits per heavy atom. The van der Waals surface area contributed by atoms with Crippen LogP contribution in [0.4, 0.5) is 0 Å². The van der Waals surface area contributed by atoms with Crippen molar-refractivity contribution in [3.05, 3.63) is 60.2 Å². The summed E-state index contributed by atoms with van der Waals surface area (Å²) >= 11 is 0. The molecule has 20 heavy (non-hydrogen) atoms. The molecular formula is C17H18O3. The largest absolute Gasteiger partial charge is 0.466 e. The number of benzene rings is 2. The first-order valence-electron chi connectivity index (χ1n) is 6.70. The van der Waals surface area contributed by atoms with Crippen LogP contribution in [0.1, 0.15) is 25.0 Å². The van der Waals surface area contributed by atoms with Crippen molar-refractivity contribution in [2.45, 2.75) is 19.4 Å². The monoisotopic (exact) mass is 270 g/mol. The normalized spacial score (nSPS) is 11.9. The number of rotatable bonds is 5. The van der Waals surface area contributed by atoms with Crippen molar-refractivity contribution in [3.8, 4) is 11.1 Å². The minimum Gasteiger partial charge on any atom is -0.466 e. The fraction of sp³-hybridized carbons (Fsp3) is 0.235. The number of aliphatic hydroxyl groups is 1. The first kappa shape index (κ1) is 14.3. The van der Waals surface area contributed by atoms with Crippen molar-refractivity contribution in [2.75, 3.05) is 6.61 Å². The topological polar surface area (TPSA) is 46.5 Å². The van der Waals surface area contributed by atoms with E-state index in [0.29, 0.717) is 6.61 Å². The van der Waals surface area contributed by atoms with Crippen LogP contribution in [0.15, 0.2) is 54.6 Å². The zero-order valence-electron chi connectivity index (χ0n) is 11.5. The molecule has 3 nitrogen and oxygen atoms in total. The zero-order chi connectivity index (χ0) is 14.4. The lowest BCUT2D eigenvalue weighted by Crippen LogP contribution is -2.10. The Labute approximate surface area is 118 Å². The maximum absolute atomic E-state index is 11.5. The van der Waals surface area contributed by atoms with Gasteiger partial charge in [-0.05, 0) is 23.6 Å². The van der Waals surface area contributed by atoms with Crippen LogP contribution in [-0.4, -0.2) is 17.7 Å². The van der Waals surface area contributed by atoms with Crippen molar-refractivity contribution < 1.29 is 14.6 Å². The van der Waals surface area contributed by atoms with E-state index in [1.807, 2.05) is 54.6 Å². The second kappa shape index (κ2) is 6.87. The molecule has 0 aliphatic rings. The molecule has 0 fully saturated rings. The van der Waals surface area contributed by atoms with Crippen molar-refractivity contribution in [1.82, 2.24) is 0 Å². The molecule has 2 aromatic rings. The van der Waals surface area contributed by atoms with Gasteiger partial charge < -0.3 is 9.84 Å². The molecule has 0 aliphatic carbocycles. The summed E-state index contributed by atoms with van der Waals surface area (Å²) in [5.74, 6) is -0.386. The van der Waals surface area contributed by atoms with Gasteiger partial charge in [-0.2, -0.15) is 0 Å². The van der Waals surface area contributed by atoms with Gasteiger partial charge in [-0.15, -0.1) is 0 Å². The van der Waals surface area contributed by atoms with E-state index >= 15 is 0 Å². The van der Waals surface area contributed by atoms with Crippen molar-refractivity contribution >= 4 is 5.97 Å². The van der Waals surface area contributed by atoms with Gasteiger partial charge >= 0.3 is 5.97 Å². The highest BCUT2D eigenvalue weighted by atomic mass is 16.5. The summed E-state index contributed by atoms with van der Waals surface area (Å²) in [5.41, 5.74) is 2.70. The van der Waals surface area contributed by atoms with Gasteiger partial charge in [-0.1, -0.05) is 54.6 Å². The minimum atomic E-state index is -0.856. The Morgan fingerprint density at radius 3 is 2.45 bits per heavy atom. The van der Waals surface area contributed by atoms with Crippen molar-refractivity contribution in [2.24, 2.45) is 0 Å². The summed E-state index contributed by atoms with van der Waals surface area (Å²) in [4.78, 5) is 11.5. The second-order valence-electron chi connectivity index (χ2n) is 4.48. The highest BCUT2D eigenvalue weighted by molar-refractivity contribution is 5.72. The van der Waals surface area contributed by atoms with Gasteiger partial charge in [-0.25, -0.2) is 0 Å². The van der Waals surface area contributed by atoms with Crippen LogP contribution in [0.25, 0.3) is 11.1 Å². The molecule has 2 aromatic carbocycles. The SMILES string of the molecule is CCOC(=O)CC(O)c1ccccc1-c1ccccc1. The molecule has 0 saturated heterocycles. The first-order chi connectivity index (χ1) is 9.72. The Morgan fingerprint density at radius 1 is 1.10 bits per heavy atom. The Kier molecular flexibility index (Phi) is 4.91. The summed E-state index contributed by atoms with van der Waals surface area (Å²) in [6.07, 6.45) is -0.886. The van der Waals surface area contributed by atoms with E-state index in [0.717, 1.165) is 16.7 Å². The minimum absolute atomic E-state index is 0.0301. The lowest BCUT2D eigenvalue weighted by molar-refractivity contribution is -0.145. The van der Waals surface area contributed by atoms with E-state index in [4.69, 9.17) is 4.74 Å². The molecule has 0 bridgehead atoms. The Hall–Kier alpha value is -2.13. The molecule has 0 aliphatic heterocycles. The van der Waals surface area contributed by atoms with Crippen LogP contribution in [0.3, 0.4) is 0 Å². The number of esters is 1. The fourth-order valence-electron chi connectivity index (χ4n) is 2.16. The fourth-order valence-corrected chi connectivity index (χ4v) is 2.16. The van der Waals surface area contributed by atoms with Crippen molar-refractivity contribution in [3.63, 3.8) is 0 Å². The predicted octanol–water partition coefficient (Wildman–Crippen LogP) is 3.34. The average Bonchev–Trinajstić information content (AvgIpc) is 2.48. The van der Waals surface area contributed by atoms with Crippen LogP contribution >= 0.6 is 0 Å². The molecule has 2 rings (SSSR count). The summed E-state index contributed by atoms with van der Waals surface area (Å²) < 4.78 is 4.88. The molecule has 1 unspecified atom stereocenters. The van der Waals surface area contributed by atoms with Crippen LogP contribution < -0.4 is 0 Å². The van der Waals surface area contributed by atoms with Crippen molar-refractivity contribution in [1.29, 1.82) is 0 Å². The van der Waals surface area contributed by atoms with E-state index in [-0.39, 0.29) is 12.4 Å². The molecule has 104 valence electrons. The maximum atomic E-state index is 11.5. The molecule has 0 aromatic heterocycles. The summed E-state index contributed by atoms with van der Waals surface area (Å²) in [6.45, 7) is 2.08. The number of ether oxygens (including phenoxy) is 1. The highest BCUT2D eigenvalue weighted by Gasteiger charge is 2.17. The van der Waals surface area contributed by atoms with Gasteiger partial charge in [0.05, 0.1) is 19.1 Å². The van der Waals surface area contributed by atoms with Crippen LogP contribution in [0, 0.1) is 0 Å². The third-order valence-corrected chi connectivity index (χ3v) is 3.07. The van der Waals surface area contributed by atoms with Gasteiger partial charge in [0.2, 0.25) is 0 Å². The standard InChI is InChI=1S/C17H18O3/c1-2-20-17(19)12-16(18)15-11-7-6-10-14(15)13-8-4-3-5-9-13/h3-11,16,18H,2,12H2,1H3. The zero-order valence-corrected chi connectivity index (χ0v) is 11.5. The van der Waals surface area contributed by atoms with Crippen LogP contribution in [-0.2, 0) is 9.53 Å². The van der Waals surface area contributed by atoms with E-state index in [1.54, 1.807) is 6.92 Å². The molecule has 3 heteroatoms. The van der Waals surface area contributed by atoms with Crippen LogP contribution in [0.5, 0.6) is 0 Å². The third kappa shape index (κ3) is 3.45. The Bertz CT molecular complexity index is 563. The van der Waals surface area contributed by atoms with Gasteiger partial charge in [0.15, 0.2) is 0 Å². The molecule has 0 spiro atoms. The molecule has 1 atom stereocenters. The van der Waals surface area contributed by atoms with Gasteiger partial charge in [0.25, 0.3) is 0 Å². The maximum Gasteiger partial charge on any atom is 0.308 e. The number of hydrogen-bond acceptors (Lipinski definition) is 3. The highest BCUT2D eigenvalue weighted by Crippen LogP contribution is 2.29. The summed E-state index contributed by atoms with van der Waals surface area (Å²) in [7, 11) is 0. The smallest absolute Gasteiger partial charge is 0.308 e.